The number of methoxy groups -OCH3 is 1. The molecule has 0 radical (unpaired) electrons. The minimum absolute atomic E-state index is 0.351. The van der Waals surface area contributed by atoms with Crippen LogP contribution < -0.4 is 4.74 Å². The third-order valence-electron chi connectivity index (χ3n) is 4.79. The van der Waals surface area contributed by atoms with Crippen LogP contribution in [-0.4, -0.2) is 22.1 Å². The molecule has 2 aromatic carbocycles. The number of fused-ring (bicyclic) bond motifs is 2. The number of aryl methyl sites for hydroxylation is 1. The van der Waals surface area contributed by atoms with Crippen LogP contribution >= 0.6 is 11.3 Å². The van der Waals surface area contributed by atoms with E-state index in [1.807, 2.05) is 54.9 Å². The molecule has 5 rings (SSSR count). The molecule has 5 aromatic rings. The fourth-order valence-corrected chi connectivity index (χ4v) is 4.29. The zero-order chi connectivity index (χ0) is 18.5. The third-order valence-corrected chi connectivity index (χ3v) is 5.66. The summed E-state index contributed by atoms with van der Waals surface area (Å²) in [6.45, 7) is 1.99. The lowest BCUT2D eigenvalue weighted by atomic mass is 10.1. The minimum atomic E-state index is -0.351. The predicted octanol–water partition coefficient (Wildman–Crippen LogP) is 5.90. The van der Waals surface area contributed by atoms with Crippen LogP contribution in [0, 0.1) is 12.9 Å². The van der Waals surface area contributed by atoms with E-state index >= 15 is 0 Å². The molecule has 0 spiro atoms. The van der Waals surface area contributed by atoms with E-state index in [-0.39, 0.29) is 5.95 Å². The van der Waals surface area contributed by atoms with E-state index in [4.69, 9.17) is 9.72 Å². The fourth-order valence-electron chi connectivity index (χ4n) is 3.45. The van der Waals surface area contributed by atoms with E-state index in [1.165, 1.54) is 11.3 Å². The summed E-state index contributed by atoms with van der Waals surface area (Å²) < 4.78 is 19.9. The van der Waals surface area contributed by atoms with Crippen molar-refractivity contribution in [3.8, 4) is 27.6 Å². The van der Waals surface area contributed by atoms with Gasteiger partial charge in [0.2, 0.25) is 5.95 Å². The van der Waals surface area contributed by atoms with Crippen molar-refractivity contribution < 1.29 is 9.13 Å². The van der Waals surface area contributed by atoms with Gasteiger partial charge in [0.05, 0.1) is 18.4 Å². The van der Waals surface area contributed by atoms with Crippen molar-refractivity contribution in [2.24, 2.45) is 0 Å². The average Bonchev–Trinajstić information content (AvgIpc) is 3.36. The van der Waals surface area contributed by atoms with Gasteiger partial charge in [0.1, 0.15) is 10.8 Å². The third kappa shape index (κ3) is 2.52. The van der Waals surface area contributed by atoms with E-state index in [0.29, 0.717) is 11.3 Å². The zero-order valence-electron chi connectivity index (χ0n) is 14.8. The second kappa shape index (κ2) is 5.96. The standard InChI is InChI=1S/C21H16FN3OS/c1-11-3-5-14-17(7-11)24-20(22)19(14)18-10-27-21(25-18)15-9-23-16-8-12(26-2)4-6-13(15)16/h3-10,23-24H,1-2H3. The van der Waals surface area contributed by atoms with Gasteiger partial charge in [-0.2, -0.15) is 4.39 Å². The van der Waals surface area contributed by atoms with Crippen LogP contribution in [0.15, 0.2) is 48.0 Å². The first-order valence-electron chi connectivity index (χ1n) is 8.53. The smallest absolute Gasteiger partial charge is 0.201 e. The molecule has 0 fully saturated rings. The van der Waals surface area contributed by atoms with Gasteiger partial charge >= 0.3 is 0 Å². The lowest BCUT2D eigenvalue weighted by Gasteiger charge is -1.99. The lowest BCUT2D eigenvalue weighted by Crippen LogP contribution is -1.82. The van der Waals surface area contributed by atoms with Crippen LogP contribution in [0.2, 0.25) is 0 Å². The summed E-state index contributed by atoms with van der Waals surface area (Å²) in [7, 11) is 1.65. The molecule has 134 valence electrons. The molecule has 0 aliphatic heterocycles. The second-order valence-corrected chi connectivity index (χ2v) is 7.37. The summed E-state index contributed by atoms with van der Waals surface area (Å²) in [6.07, 6.45) is 1.93. The van der Waals surface area contributed by atoms with Crippen molar-refractivity contribution in [2.45, 2.75) is 6.92 Å². The Labute approximate surface area is 158 Å². The van der Waals surface area contributed by atoms with Crippen LogP contribution in [0.3, 0.4) is 0 Å². The molecular weight excluding hydrogens is 361 g/mol. The van der Waals surface area contributed by atoms with Crippen molar-refractivity contribution in [1.82, 2.24) is 15.0 Å². The Hall–Kier alpha value is -3.12. The van der Waals surface area contributed by atoms with Crippen molar-refractivity contribution in [2.75, 3.05) is 7.11 Å². The molecule has 0 amide bonds. The Kier molecular flexibility index (Phi) is 3.55. The zero-order valence-corrected chi connectivity index (χ0v) is 15.6. The number of halogens is 1. The van der Waals surface area contributed by atoms with Crippen molar-refractivity contribution in [3.05, 3.63) is 59.5 Å². The Morgan fingerprint density at radius 1 is 1.07 bits per heavy atom. The monoisotopic (exact) mass is 377 g/mol. The predicted molar refractivity (Wildman–Crippen MR) is 108 cm³/mol. The first kappa shape index (κ1) is 16.1. The average molecular weight is 377 g/mol. The first-order chi connectivity index (χ1) is 13.1. The van der Waals surface area contributed by atoms with Crippen molar-refractivity contribution in [1.29, 1.82) is 0 Å². The lowest BCUT2D eigenvalue weighted by molar-refractivity contribution is 0.415. The summed E-state index contributed by atoms with van der Waals surface area (Å²) in [5, 5.41) is 4.66. The fraction of sp³-hybridized carbons (Fsp3) is 0.0952. The van der Waals surface area contributed by atoms with E-state index in [0.717, 1.165) is 43.7 Å². The van der Waals surface area contributed by atoms with Gasteiger partial charge in [0.25, 0.3) is 0 Å². The van der Waals surface area contributed by atoms with Gasteiger partial charge < -0.3 is 14.7 Å². The van der Waals surface area contributed by atoms with Gasteiger partial charge in [0, 0.05) is 45.0 Å². The summed E-state index contributed by atoms with van der Waals surface area (Å²) >= 11 is 1.51. The first-order valence-corrected chi connectivity index (χ1v) is 9.41. The van der Waals surface area contributed by atoms with E-state index < -0.39 is 0 Å². The topological polar surface area (TPSA) is 53.7 Å². The molecule has 0 aliphatic rings. The van der Waals surface area contributed by atoms with Crippen molar-refractivity contribution >= 4 is 33.1 Å². The number of aromatic nitrogens is 3. The molecule has 0 aliphatic carbocycles. The molecular formula is C21H16FN3OS. The van der Waals surface area contributed by atoms with E-state index in [1.54, 1.807) is 7.11 Å². The number of hydrogen-bond donors (Lipinski definition) is 2. The van der Waals surface area contributed by atoms with Crippen LogP contribution in [0.5, 0.6) is 5.75 Å². The Morgan fingerprint density at radius 2 is 1.93 bits per heavy atom. The molecule has 6 heteroatoms. The molecule has 0 saturated carbocycles. The number of nitrogens with zero attached hydrogens (tertiary/aromatic N) is 1. The molecule has 0 bridgehead atoms. The number of thiazole rings is 1. The van der Waals surface area contributed by atoms with E-state index in [2.05, 4.69) is 9.97 Å². The number of nitrogens with one attached hydrogen (secondary N) is 2. The molecule has 27 heavy (non-hydrogen) atoms. The Balaban J connectivity index is 1.63. The van der Waals surface area contributed by atoms with Gasteiger partial charge in [-0.3, -0.25) is 0 Å². The van der Waals surface area contributed by atoms with Crippen LogP contribution in [0.1, 0.15) is 5.56 Å². The quantitative estimate of drug-likeness (QED) is 0.411. The molecule has 3 aromatic heterocycles. The second-order valence-electron chi connectivity index (χ2n) is 6.51. The Morgan fingerprint density at radius 3 is 2.78 bits per heavy atom. The Bertz CT molecular complexity index is 1300. The van der Waals surface area contributed by atoms with E-state index in [9.17, 15) is 4.39 Å². The molecule has 0 unspecified atom stereocenters. The van der Waals surface area contributed by atoms with Gasteiger partial charge in [-0.05, 0) is 30.7 Å². The highest BCUT2D eigenvalue weighted by Gasteiger charge is 2.18. The molecule has 0 atom stereocenters. The molecule has 0 saturated heterocycles. The maximum absolute atomic E-state index is 14.6. The number of benzene rings is 2. The summed E-state index contributed by atoms with van der Waals surface area (Å²) in [5.74, 6) is 0.447. The van der Waals surface area contributed by atoms with Crippen LogP contribution in [-0.2, 0) is 0 Å². The summed E-state index contributed by atoms with van der Waals surface area (Å²) in [5.41, 5.74) is 5.02. The molecule has 3 heterocycles. The number of H-pyrrole nitrogens is 2. The maximum Gasteiger partial charge on any atom is 0.201 e. The van der Waals surface area contributed by atoms with Crippen molar-refractivity contribution in [3.63, 3.8) is 0 Å². The van der Waals surface area contributed by atoms with Gasteiger partial charge in [-0.25, -0.2) is 4.98 Å². The molecule has 4 nitrogen and oxygen atoms in total. The number of aromatic amines is 2. The van der Waals surface area contributed by atoms with Gasteiger partial charge in [-0.1, -0.05) is 12.1 Å². The number of ether oxygens (including phenoxy) is 1. The number of hydrogen-bond acceptors (Lipinski definition) is 3. The van der Waals surface area contributed by atoms with Gasteiger partial charge in [-0.15, -0.1) is 11.3 Å². The molecule has 2 N–H and O–H groups in total. The SMILES string of the molecule is COc1ccc2c(-c3nc(-c4c(F)[nH]c5cc(C)ccc45)cs3)c[nH]c2c1. The van der Waals surface area contributed by atoms with Crippen LogP contribution in [0.4, 0.5) is 4.39 Å². The van der Waals surface area contributed by atoms with Gasteiger partial charge in [0.15, 0.2) is 0 Å². The normalized spacial score (nSPS) is 11.5. The highest BCUT2D eigenvalue weighted by Crippen LogP contribution is 2.37. The van der Waals surface area contributed by atoms with Crippen LogP contribution in [0.25, 0.3) is 43.6 Å². The maximum atomic E-state index is 14.6. The highest BCUT2D eigenvalue weighted by atomic mass is 32.1. The highest BCUT2D eigenvalue weighted by molar-refractivity contribution is 7.13. The number of rotatable bonds is 3. The summed E-state index contributed by atoms with van der Waals surface area (Å²) in [6, 6.07) is 11.8. The largest absolute Gasteiger partial charge is 0.497 e. The minimum Gasteiger partial charge on any atom is -0.497 e. The summed E-state index contributed by atoms with van der Waals surface area (Å²) in [4.78, 5) is 10.8.